The molecular formula is C15H22N2O2. The molecule has 104 valence electrons. The van der Waals surface area contributed by atoms with Crippen molar-refractivity contribution in [2.45, 2.75) is 45.7 Å². The Morgan fingerprint density at radius 1 is 1.53 bits per heavy atom. The lowest BCUT2D eigenvalue weighted by atomic mass is 9.92. The molecule has 0 aromatic carbocycles. The number of esters is 1. The predicted molar refractivity (Wildman–Crippen MR) is 73.8 cm³/mol. The minimum atomic E-state index is -0.343. The van der Waals surface area contributed by atoms with Gasteiger partial charge in [0.15, 0.2) is 0 Å². The summed E-state index contributed by atoms with van der Waals surface area (Å²) in [6.45, 7) is 5.39. The van der Waals surface area contributed by atoms with E-state index in [2.05, 4.69) is 28.9 Å². The predicted octanol–water partition coefficient (Wildman–Crippen LogP) is 2.54. The lowest BCUT2D eigenvalue weighted by molar-refractivity contribution is 0.0600. The first kappa shape index (κ1) is 14.0. The second kappa shape index (κ2) is 5.70. The Morgan fingerprint density at radius 3 is 2.84 bits per heavy atom. The summed E-state index contributed by atoms with van der Waals surface area (Å²) in [5.41, 5.74) is 1.91. The van der Waals surface area contributed by atoms with E-state index in [4.69, 9.17) is 0 Å². The number of aromatic nitrogens is 1. The van der Waals surface area contributed by atoms with E-state index in [0.717, 1.165) is 12.2 Å². The number of hydrogen-bond acceptors (Lipinski definition) is 4. The molecule has 19 heavy (non-hydrogen) atoms. The Morgan fingerprint density at radius 2 is 2.32 bits per heavy atom. The van der Waals surface area contributed by atoms with Crippen LogP contribution < -0.4 is 5.32 Å². The summed E-state index contributed by atoms with van der Waals surface area (Å²) in [5.74, 6) is -0.343. The third-order valence-corrected chi connectivity index (χ3v) is 3.79. The van der Waals surface area contributed by atoms with Gasteiger partial charge in [-0.2, -0.15) is 0 Å². The van der Waals surface area contributed by atoms with Crippen LogP contribution in [-0.2, 0) is 11.3 Å². The molecule has 0 amide bonds. The molecule has 1 atom stereocenters. The fourth-order valence-corrected chi connectivity index (χ4v) is 2.63. The number of carbonyl (C=O) groups is 1. The van der Waals surface area contributed by atoms with Gasteiger partial charge in [-0.05, 0) is 36.8 Å². The average molecular weight is 262 g/mol. The van der Waals surface area contributed by atoms with Crippen molar-refractivity contribution in [3.63, 3.8) is 0 Å². The summed E-state index contributed by atoms with van der Waals surface area (Å²) >= 11 is 0. The van der Waals surface area contributed by atoms with E-state index in [0.29, 0.717) is 17.0 Å². The van der Waals surface area contributed by atoms with Crippen LogP contribution in [0.15, 0.2) is 18.3 Å². The molecule has 1 aliphatic carbocycles. The van der Waals surface area contributed by atoms with Crippen molar-refractivity contribution in [2.24, 2.45) is 5.41 Å². The second-order valence-corrected chi connectivity index (χ2v) is 6.01. The smallest absolute Gasteiger partial charge is 0.339 e. The van der Waals surface area contributed by atoms with Crippen LogP contribution in [0.1, 0.15) is 49.2 Å². The second-order valence-electron chi connectivity index (χ2n) is 6.01. The first-order valence-corrected chi connectivity index (χ1v) is 6.77. The van der Waals surface area contributed by atoms with E-state index in [1.807, 2.05) is 6.07 Å². The third-order valence-electron chi connectivity index (χ3n) is 3.79. The highest BCUT2D eigenvalue weighted by atomic mass is 16.5. The summed E-state index contributed by atoms with van der Waals surface area (Å²) in [6, 6.07) is 4.21. The molecule has 1 unspecified atom stereocenters. The fourth-order valence-electron chi connectivity index (χ4n) is 2.63. The minimum absolute atomic E-state index is 0.343. The van der Waals surface area contributed by atoms with Crippen LogP contribution in [-0.4, -0.2) is 24.1 Å². The topological polar surface area (TPSA) is 51.2 Å². The van der Waals surface area contributed by atoms with Gasteiger partial charge in [0, 0.05) is 18.8 Å². The van der Waals surface area contributed by atoms with E-state index < -0.39 is 0 Å². The van der Waals surface area contributed by atoms with Crippen molar-refractivity contribution >= 4 is 5.97 Å². The molecular weight excluding hydrogens is 240 g/mol. The van der Waals surface area contributed by atoms with Crippen molar-refractivity contribution in [1.29, 1.82) is 0 Å². The zero-order valence-corrected chi connectivity index (χ0v) is 11.9. The fraction of sp³-hybridized carbons (Fsp3) is 0.600. The van der Waals surface area contributed by atoms with E-state index in [9.17, 15) is 4.79 Å². The first-order chi connectivity index (χ1) is 9.00. The van der Waals surface area contributed by atoms with Crippen molar-refractivity contribution in [3.05, 3.63) is 29.6 Å². The molecule has 0 radical (unpaired) electrons. The van der Waals surface area contributed by atoms with E-state index in [1.165, 1.54) is 26.4 Å². The van der Waals surface area contributed by atoms with Gasteiger partial charge in [0.05, 0.1) is 18.4 Å². The van der Waals surface area contributed by atoms with E-state index >= 15 is 0 Å². The highest BCUT2D eigenvalue weighted by Gasteiger charge is 2.30. The zero-order chi connectivity index (χ0) is 13.9. The summed E-state index contributed by atoms with van der Waals surface area (Å²) in [6.07, 6.45) is 5.29. The van der Waals surface area contributed by atoms with Crippen molar-refractivity contribution in [3.8, 4) is 0 Å². The van der Waals surface area contributed by atoms with Gasteiger partial charge in [-0.3, -0.25) is 4.98 Å². The Balaban J connectivity index is 1.85. The number of methoxy groups -OCH3 is 1. The van der Waals surface area contributed by atoms with Gasteiger partial charge in [0.2, 0.25) is 0 Å². The molecule has 1 N–H and O–H groups in total. The molecule has 4 nitrogen and oxygen atoms in total. The molecule has 1 heterocycles. The Kier molecular flexibility index (Phi) is 4.20. The highest BCUT2D eigenvalue weighted by molar-refractivity contribution is 5.88. The Labute approximate surface area is 114 Å². The molecule has 1 fully saturated rings. The number of ether oxygens (including phenoxy) is 1. The van der Waals surface area contributed by atoms with Gasteiger partial charge < -0.3 is 10.1 Å². The normalized spacial score (nSPS) is 21.3. The van der Waals surface area contributed by atoms with Crippen LogP contribution in [0.2, 0.25) is 0 Å². The van der Waals surface area contributed by atoms with Gasteiger partial charge in [0.1, 0.15) is 0 Å². The van der Waals surface area contributed by atoms with Crippen molar-refractivity contribution in [1.82, 2.24) is 10.3 Å². The van der Waals surface area contributed by atoms with Crippen LogP contribution in [0, 0.1) is 5.41 Å². The molecule has 1 aromatic rings. The van der Waals surface area contributed by atoms with Crippen LogP contribution >= 0.6 is 0 Å². The Bertz CT molecular complexity index is 440. The molecule has 2 rings (SSSR count). The number of nitrogens with zero attached hydrogens (tertiary/aromatic N) is 1. The summed E-state index contributed by atoms with van der Waals surface area (Å²) in [4.78, 5) is 15.6. The maximum Gasteiger partial charge on any atom is 0.339 e. The minimum Gasteiger partial charge on any atom is -0.465 e. The SMILES string of the molecule is COC(=O)c1ccc(CNC2CCC(C)(C)C2)nc1. The monoisotopic (exact) mass is 262 g/mol. The average Bonchev–Trinajstić information content (AvgIpc) is 2.76. The molecule has 1 saturated carbocycles. The first-order valence-electron chi connectivity index (χ1n) is 6.77. The number of nitrogens with one attached hydrogen (secondary N) is 1. The van der Waals surface area contributed by atoms with E-state index in [-0.39, 0.29) is 5.97 Å². The molecule has 0 bridgehead atoms. The van der Waals surface area contributed by atoms with Gasteiger partial charge in [-0.1, -0.05) is 13.8 Å². The quantitative estimate of drug-likeness (QED) is 0.847. The molecule has 4 heteroatoms. The lowest BCUT2D eigenvalue weighted by Crippen LogP contribution is -2.27. The van der Waals surface area contributed by atoms with Crippen LogP contribution in [0.3, 0.4) is 0 Å². The van der Waals surface area contributed by atoms with E-state index in [1.54, 1.807) is 12.3 Å². The standard InChI is InChI=1S/C15H22N2O2/c1-15(2)7-6-12(8-15)17-10-13-5-4-11(9-16-13)14(18)19-3/h4-5,9,12,17H,6-8,10H2,1-3H3. The molecule has 1 aromatic heterocycles. The van der Waals surface area contributed by atoms with Gasteiger partial charge in [0.25, 0.3) is 0 Å². The lowest BCUT2D eigenvalue weighted by Gasteiger charge is -2.17. The maximum atomic E-state index is 11.3. The molecule has 0 spiro atoms. The van der Waals surface area contributed by atoms with Gasteiger partial charge in [-0.15, -0.1) is 0 Å². The van der Waals surface area contributed by atoms with Crippen LogP contribution in [0.5, 0.6) is 0 Å². The van der Waals surface area contributed by atoms with Crippen LogP contribution in [0.4, 0.5) is 0 Å². The summed E-state index contributed by atoms with van der Waals surface area (Å²) < 4.78 is 4.65. The maximum absolute atomic E-state index is 11.3. The van der Waals surface area contributed by atoms with Crippen LogP contribution in [0.25, 0.3) is 0 Å². The number of hydrogen-bond donors (Lipinski definition) is 1. The summed E-state index contributed by atoms with van der Waals surface area (Å²) in [5, 5.41) is 3.54. The number of carbonyl (C=O) groups excluding carboxylic acids is 1. The number of pyridine rings is 1. The molecule has 1 aliphatic rings. The van der Waals surface area contributed by atoms with Crippen molar-refractivity contribution < 1.29 is 9.53 Å². The summed E-state index contributed by atoms with van der Waals surface area (Å²) in [7, 11) is 1.37. The zero-order valence-electron chi connectivity index (χ0n) is 11.9. The van der Waals surface area contributed by atoms with Crippen molar-refractivity contribution in [2.75, 3.05) is 7.11 Å². The molecule has 0 aliphatic heterocycles. The highest BCUT2D eigenvalue weighted by Crippen LogP contribution is 2.36. The number of rotatable bonds is 4. The van der Waals surface area contributed by atoms with Gasteiger partial charge >= 0.3 is 5.97 Å². The third kappa shape index (κ3) is 3.77. The molecule has 0 saturated heterocycles. The van der Waals surface area contributed by atoms with Gasteiger partial charge in [-0.25, -0.2) is 4.79 Å². The largest absolute Gasteiger partial charge is 0.465 e. The Hall–Kier alpha value is -1.42.